The molecule has 0 amide bonds. The van der Waals surface area contributed by atoms with Gasteiger partial charge in [0.25, 0.3) is 0 Å². The Labute approximate surface area is 95.2 Å². The second kappa shape index (κ2) is 6.44. The predicted octanol–water partition coefficient (Wildman–Crippen LogP) is -0.257. The van der Waals surface area contributed by atoms with Crippen LogP contribution in [0.2, 0.25) is 0 Å². The summed E-state index contributed by atoms with van der Waals surface area (Å²) in [6.45, 7) is 5.90. The standard InChI is InChI=1S/C10H19N3O3/c1-8(2)13-9(10(14)16-12-13)7-11-5-4-6-15-3/h8,11H,4-7H2,1-3H3. The molecule has 6 heteroatoms. The van der Waals surface area contributed by atoms with Crippen molar-refractivity contribution in [2.75, 3.05) is 20.3 Å². The molecule has 0 spiro atoms. The molecular formula is C10H19N3O3. The van der Waals surface area contributed by atoms with Crippen molar-refractivity contribution >= 4 is 0 Å². The van der Waals surface area contributed by atoms with E-state index in [9.17, 15) is 5.11 Å². The summed E-state index contributed by atoms with van der Waals surface area (Å²) < 4.78 is 11.2. The van der Waals surface area contributed by atoms with Crippen LogP contribution in [0.25, 0.3) is 0 Å². The number of nitrogens with one attached hydrogen (secondary N) is 1. The third kappa shape index (κ3) is 3.46. The van der Waals surface area contributed by atoms with Crippen molar-refractivity contribution in [2.45, 2.75) is 32.9 Å². The molecular weight excluding hydrogens is 210 g/mol. The maximum absolute atomic E-state index is 11.3. The van der Waals surface area contributed by atoms with Gasteiger partial charge >= 0.3 is 0 Å². The normalized spacial score (nSPS) is 11.2. The fourth-order valence-corrected chi connectivity index (χ4v) is 1.38. The zero-order valence-electron chi connectivity index (χ0n) is 10.0. The molecule has 1 aromatic heterocycles. The van der Waals surface area contributed by atoms with E-state index in [1.54, 1.807) is 11.8 Å². The summed E-state index contributed by atoms with van der Waals surface area (Å²) in [5.41, 5.74) is 0.562. The van der Waals surface area contributed by atoms with E-state index in [0.717, 1.165) is 13.0 Å². The summed E-state index contributed by atoms with van der Waals surface area (Å²) in [6.07, 6.45) is 0.914. The molecule has 6 nitrogen and oxygen atoms in total. The molecule has 1 aromatic rings. The second-order valence-electron chi connectivity index (χ2n) is 3.87. The first-order valence-corrected chi connectivity index (χ1v) is 5.43. The highest BCUT2D eigenvalue weighted by atomic mass is 16.6. The van der Waals surface area contributed by atoms with Crippen LogP contribution >= 0.6 is 0 Å². The Kier molecular flexibility index (Phi) is 5.21. The van der Waals surface area contributed by atoms with E-state index < -0.39 is 0 Å². The lowest BCUT2D eigenvalue weighted by molar-refractivity contribution is -0.785. The number of methoxy groups -OCH3 is 1. The largest absolute Gasteiger partial charge is 0.539 e. The van der Waals surface area contributed by atoms with Crippen LogP contribution in [-0.4, -0.2) is 25.5 Å². The highest BCUT2D eigenvalue weighted by molar-refractivity contribution is 5.02. The Bertz CT molecular complexity index is 312. The zero-order valence-corrected chi connectivity index (χ0v) is 10.0. The predicted molar refractivity (Wildman–Crippen MR) is 54.7 cm³/mol. The molecule has 0 atom stereocenters. The molecule has 16 heavy (non-hydrogen) atoms. The third-order valence-electron chi connectivity index (χ3n) is 2.21. The highest BCUT2D eigenvalue weighted by Crippen LogP contribution is 2.08. The van der Waals surface area contributed by atoms with Crippen molar-refractivity contribution in [1.29, 1.82) is 0 Å². The summed E-state index contributed by atoms with van der Waals surface area (Å²) in [4.78, 5) is 0. The van der Waals surface area contributed by atoms with E-state index >= 15 is 0 Å². The number of hydrogen-bond acceptors (Lipinski definition) is 5. The molecule has 1 N–H and O–H groups in total. The quantitative estimate of drug-likeness (QED) is 0.515. The molecule has 0 radical (unpaired) electrons. The van der Waals surface area contributed by atoms with Crippen LogP contribution in [0.15, 0.2) is 4.52 Å². The Balaban J connectivity index is 2.43. The molecule has 1 rings (SSSR count). The summed E-state index contributed by atoms with van der Waals surface area (Å²) >= 11 is 0. The first kappa shape index (κ1) is 12.9. The minimum atomic E-state index is -0.368. The van der Waals surface area contributed by atoms with Gasteiger partial charge < -0.3 is 19.7 Å². The van der Waals surface area contributed by atoms with Crippen molar-refractivity contribution in [3.05, 3.63) is 5.69 Å². The number of hydrogen-bond donors (Lipinski definition) is 1. The molecule has 0 saturated carbocycles. The van der Waals surface area contributed by atoms with Crippen LogP contribution in [0, 0.1) is 0 Å². The van der Waals surface area contributed by atoms with Gasteiger partial charge in [-0.15, -0.1) is 0 Å². The molecule has 92 valence electrons. The van der Waals surface area contributed by atoms with Gasteiger partial charge in [0.1, 0.15) is 0 Å². The fraction of sp³-hybridized carbons (Fsp3) is 0.800. The van der Waals surface area contributed by atoms with Gasteiger partial charge in [-0.1, -0.05) is 4.68 Å². The van der Waals surface area contributed by atoms with Crippen LogP contribution in [0.3, 0.4) is 0 Å². The number of rotatable bonds is 7. The Morgan fingerprint density at radius 2 is 2.31 bits per heavy atom. The second-order valence-corrected chi connectivity index (χ2v) is 3.87. The van der Waals surface area contributed by atoms with Crippen LogP contribution in [0.1, 0.15) is 32.0 Å². The lowest BCUT2D eigenvalue weighted by Crippen LogP contribution is -2.43. The molecule has 0 bridgehead atoms. The first-order valence-electron chi connectivity index (χ1n) is 5.43. The Morgan fingerprint density at radius 1 is 1.56 bits per heavy atom. The van der Waals surface area contributed by atoms with Gasteiger partial charge in [0.15, 0.2) is 12.0 Å². The van der Waals surface area contributed by atoms with Crippen molar-refractivity contribution in [1.82, 2.24) is 10.6 Å². The monoisotopic (exact) mass is 229 g/mol. The van der Waals surface area contributed by atoms with E-state index in [-0.39, 0.29) is 12.0 Å². The third-order valence-corrected chi connectivity index (χ3v) is 2.21. The van der Waals surface area contributed by atoms with E-state index in [1.165, 1.54) is 0 Å². The van der Waals surface area contributed by atoms with Gasteiger partial charge in [-0.05, 0) is 26.8 Å². The number of nitrogens with zero attached hydrogens (tertiary/aromatic N) is 2. The van der Waals surface area contributed by atoms with E-state index in [4.69, 9.17) is 4.74 Å². The first-order chi connectivity index (χ1) is 7.66. The van der Waals surface area contributed by atoms with Gasteiger partial charge in [-0.25, -0.2) is 0 Å². The SMILES string of the molecule is COCCCNCc1c([O-])on[n+]1C(C)C. The number of ether oxygens (including phenoxy) is 1. The Morgan fingerprint density at radius 3 is 2.94 bits per heavy atom. The Hall–Kier alpha value is -1.14. The minimum Gasteiger partial charge on any atom is -0.539 e. The van der Waals surface area contributed by atoms with E-state index in [1.807, 2.05) is 13.8 Å². The summed E-state index contributed by atoms with van der Waals surface area (Å²) in [6, 6.07) is 0.127. The minimum absolute atomic E-state index is 0.127. The van der Waals surface area contributed by atoms with Crippen molar-refractivity contribution < 1.29 is 19.0 Å². The summed E-state index contributed by atoms with van der Waals surface area (Å²) in [5, 5.41) is 18.2. The lowest BCUT2D eigenvalue weighted by Gasteiger charge is -2.03. The van der Waals surface area contributed by atoms with E-state index in [0.29, 0.717) is 18.8 Å². The van der Waals surface area contributed by atoms with Gasteiger partial charge in [0.2, 0.25) is 5.69 Å². The fourth-order valence-electron chi connectivity index (χ4n) is 1.38. The van der Waals surface area contributed by atoms with Crippen molar-refractivity contribution in [2.24, 2.45) is 0 Å². The molecule has 0 aromatic carbocycles. The molecule has 0 aliphatic carbocycles. The van der Waals surface area contributed by atoms with Crippen molar-refractivity contribution in [3.8, 4) is 5.95 Å². The van der Waals surface area contributed by atoms with Gasteiger partial charge in [-0.2, -0.15) is 0 Å². The molecule has 0 unspecified atom stereocenters. The molecule has 0 aliphatic heterocycles. The van der Waals surface area contributed by atoms with Crippen LogP contribution in [-0.2, 0) is 11.3 Å². The molecule has 1 heterocycles. The molecule has 0 fully saturated rings. The average molecular weight is 229 g/mol. The molecule has 0 aliphatic rings. The van der Waals surface area contributed by atoms with Crippen LogP contribution in [0.4, 0.5) is 0 Å². The molecule has 0 saturated heterocycles. The highest BCUT2D eigenvalue weighted by Gasteiger charge is 2.19. The summed E-state index contributed by atoms with van der Waals surface area (Å²) in [5.74, 6) is -0.368. The van der Waals surface area contributed by atoms with E-state index in [2.05, 4.69) is 15.1 Å². The van der Waals surface area contributed by atoms with Crippen LogP contribution in [0.5, 0.6) is 5.95 Å². The maximum atomic E-state index is 11.3. The van der Waals surface area contributed by atoms with Crippen molar-refractivity contribution in [3.63, 3.8) is 0 Å². The summed E-state index contributed by atoms with van der Waals surface area (Å²) in [7, 11) is 1.67. The lowest BCUT2D eigenvalue weighted by atomic mass is 10.3. The topological polar surface area (TPSA) is 74.2 Å². The van der Waals surface area contributed by atoms with Gasteiger partial charge in [-0.3, -0.25) is 0 Å². The maximum Gasteiger partial charge on any atom is 0.247 e. The zero-order chi connectivity index (χ0) is 12.0. The number of aromatic nitrogens is 2. The smallest absolute Gasteiger partial charge is 0.247 e. The van der Waals surface area contributed by atoms with Crippen LogP contribution < -0.4 is 15.1 Å². The average Bonchev–Trinajstić information content (AvgIpc) is 2.60. The van der Waals surface area contributed by atoms with Gasteiger partial charge in [0.05, 0.1) is 11.8 Å². The van der Waals surface area contributed by atoms with Gasteiger partial charge in [0, 0.05) is 13.7 Å².